The number of aromatic nitrogens is 2. The zero-order valence-electron chi connectivity index (χ0n) is 9.74. The number of hydrogen-bond donors (Lipinski definition) is 1. The third kappa shape index (κ3) is 2.15. The van der Waals surface area contributed by atoms with E-state index in [0.29, 0.717) is 15.7 Å². The monoisotopic (exact) mass is 312 g/mol. The predicted molar refractivity (Wildman–Crippen MR) is 68.0 cm³/mol. The van der Waals surface area contributed by atoms with E-state index in [-0.39, 0.29) is 11.5 Å². The Labute approximate surface area is 111 Å². The second-order valence-electron chi connectivity index (χ2n) is 3.95. The smallest absolute Gasteiger partial charge is 0.356 e. The van der Waals surface area contributed by atoms with Crippen LogP contribution in [-0.2, 0) is 7.05 Å². The molecule has 6 heteroatoms. The van der Waals surface area contributed by atoms with Gasteiger partial charge in [0.1, 0.15) is 5.82 Å². The molecule has 0 bridgehead atoms. The highest BCUT2D eigenvalue weighted by Gasteiger charge is 2.16. The van der Waals surface area contributed by atoms with Crippen LogP contribution in [0.3, 0.4) is 0 Å². The molecule has 94 valence electrons. The minimum atomic E-state index is -1.11. The van der Waals surface area contributed by atoms with Gasteiger partial charge in [-0.25, -0.2) is 9.18 Å². The molecule has 2 aromatic rings. The molecule has 0 aliphatic rings. The van der Waals surface area contributed by atoms with Gasteiger partial charge in [0.05, 0.1) is 10.2 Å². The van der Waals surface area contributed by atoms with Gasteiger partial charge >= 0.3 is 5.97 Å². The molecular weight excluding hydrogens is 303 g/mol. The lowest BCUT2D eigenvalue weighted by Gasteiger charge is -2.07. The fourth-order valence-corrected chi connectivity index (χ4v) is 2.17. The number of hydrogen-bond acceptors (Lipinski definition) is 2. The first-order valence-corrected chi connectivity index (χ1v) is 5.93. The highest BCUT2D eigenvalue weighted by atomic mass is 79.9. The predicted octanol–water partition coefficient (Wildman–Crippen LogP) is 3.00. The maximum absolute atomic E-state index is 13.6. The topological polar surface area (TPSA) is 55.1 Å². The Morgan fingerprint density at radius 1 is 1.44 bits per heavy atom. The Bertz CT molecular complexity index is 637. The van der Waals surface area contributed by atoms with E-state index in [0.717, 1.165) is 5.56 Å². The van der Waals surface area contributed by atoms with Gasteiger partial charge in [-0.1, -0.05) is 0 Å². The van der Waals surface area contributed by atoms with E-state index < -0.39 is 5.97 Å². The number of rotatable bonds is 2. The van der Waals surface area contributed by atoms with Gasteiger partial charge in [-0.05, 0) is 46.6 Å². The minimum absolute atomic E-state index is 0.0682. The van der Waals surface area contributed by atoms with Gasteiger partial charge in [0.15, 0.2) is 5.69 Å². The van der Waals surface area contributed by atoms with Crippen molar-refractivity contribution >= 4 is 21.9 Å². The molecule has 0 saturated heterocycles. The van der Waals surface area contributed by atoms with Gasteiger partial charge in [-0.3, -0.25) is 4.68 Å². The summed E-state index contributed by atoms with van der Waals surface area (Å²) >= 11 is 3.17. The first-order chi connectivity index (χ1) is 8.40. The van der Waals surface area contributed by atoms with Crippen LogP contribution in [0.5, 0.6) is 0 Å². The van der Waals surface area contributed by atoms with E-state index in [4.69, 9.17) is 5.11 Å². The number of carboxylic acids is 1. The van der Waals surface area contributed by atoms with E-state index in [2.05, 4.69) is 21.0 Å². The highest BCUT2D eigenvalue weighted by Crippen LogP contribution is 2.31. The van der Waals surface area contributed by atoms with Gasteiger partial charge in [0.2, 0.25) is 0 Å². The van der Waals surface area contributed by atoms with Crippen LogP contribution < -0.4 is 0 Å². The Hall–Kier alpha value is -1.69. The molecule has 0 amide bonds. The van der Waals surface area contributed by atoms with Crippen LogP contribution in [0, 0.1) is 12.7 Å². The van der Waals surface area contributed by atoms with Crippen molar-refractivity contribution < 1.29 is 14.3 Å². The minimum Gasteiger partial charge on any atom is -0.476 e. The van der Waals surface area contributed by atoms with Crippen molar-refractivity contribution in [3.05, 3.63) is 39.7 Å². The van der Waals surface area contributed by atoms with Crippen molar-refractivity contribution in [3.8, 4) is 11.3 Å². The van der Waals surface area contributed by atoms with E-state index in [1.54, 1.807) is 20.0 Å². The summed E-state index contributed by atoms with van der Waals surface area (Å²) in [5.41, 5.74) is 1.81. The molecule has 0 aliphatic heterocycles. The van der Waals surface area contributed by atoms with Gasteiger partial charge in [-0.15, -0.1) is 0 Å². The number of carbonyl (C=O) groups is 1. The molecule has 1 aromatic carbocycles. The fourth-order valence-electron chi connectivity index (χ4n) is 1.73. The van der Waals surface area contributed by atoms with Gasteiger partial charge in [0.25, 0.3) is 0 Å². The molecular formula is C12H10BrFN2O2. The Balaban J connectivity index is 2.65. The molecule has 0 spiro atoms. The summed E-state index contributed by atoms with van der Waals surface area (Å²) in [5.74, 6) is -1.50. The number of benzene rings is 1. The van der Waals surface area contributed by atoms with Crippen LogP contribution in [0.25, 0.3) is 11.3 Å². The van der Waals surface area contributed by atoms with Crippen molar-refractivity contribution in [2.45, 2.75) is 6.92 Å². The second kappa shape index (κ2) is 4.53. The standard InChI is InChI=1S/C12H10BrFN2O2/c1-6-3-7(11(13)8(14)4-6)10-5-9(12(17)18)15-16(10)2/h3-5H,1-2H3,(H,17,18). The quantitative estimate of drug-likeness (QED) is 0.927. The third-order valence-corrected chi connectivity index (χ3v) is 3.35. The Morgan fingerprint density at radius 2 is 2.11 bits per heavy atom. The number of aryl methyl sites for hydroxylation is 2. The molecule has 0 aliphatic carbocycles. The van der Waals surface area contributed by atoms with Crippen LogP contribution in [0.1, 0.15) is 16.1 Å². The number of carboxylic acid groups (broad SMARTS) is 1. The van der Waals surface area contributed by atoms with E-state index in [1.165, 1.54) is 16.8 Å². The molecule has 0 atom stereocenters. The Morgan fingerprint density at radius 3 is 2.67 bits per heavy atom. The normalized spacial score (nSPS) is 10.7. The van der Waals surface area contributed by atoms with Gasteiger partial charge in [-0.2, -0.15) is 5.10 Å². The summed E-state index contributed by atoms with van der Waals surface area (Å²) in [4.78, 5) is 10.9. The van der Waals surface area contributed by atoms with Crippen LogP contribution >= 0.6 is 15.9 Å². The molecule has 2 rings (SSSR count). The molecule has 4 nitrogen and oxygen atoms in total. The summed E-state index contributed by atoms with van der Waals surface area (Å²) < 4.78 is 15.3. The summed E-state index contributed by atoms with van der Waals surface area (Å²) in [7, 11) is 1.62. The van der Waals surface area contributed by atoms with Crippen molar-refractivity contribution in [2.24, 2.45) is 7.05 Å². The average Bonchev–Trinajstić information content (AvgIpc) is 2.66. The SMILES string of the molecule is Cc1cc(F)c(Br)c(-c2cc(C(=O)O)nn2C)c1. The van der Waals surface area contributed by atoms with Gasteiger partial charge < -0.3 is 5.11 Å². The zero-order chi connectivity index (χ0) is 13.4. The summed E-state index contributed by atoms with van der Waals surface area (Å²) in [5, 5.41) is 12.7. The number of aromatic carboxylic acids is 1. The molecule has 18 heavy (non-hydrogen) atoms. The van der Waals surface area contributed by atoms with Crippen molar-refractivity contribution in [3.63, 3.8) is 0 Å². The summed E-state index contributed by atoms with van der Waals surface area (Å²) in [6, 6.07) is 4.60. The average molecular weight is 313 g/mol. The maximum Gasteiger partial charge on any atom is 0.356 e. The maximum atomic E-state index is 13.6. The van der Waals surface area contributed by atoms with Gasteiger partial charge in [0, 0.05) is 12.6 Å². The first-order valence-electron chi connectivity index (χ1n) is 5.13. The first kappa shape index (κ1) is 12.8. The zero-order valence-corrected chi connectivity index (χ0v) is 11.3. The molecule has 0 saturated carbocycles. The lowest BCUT2D eigenvalue weighted by Crippen LogP contribution is -1.99. The van der Waals surface area contributed by atoms with Crippen molar-refractivity contribution in [2.75, 3.05) is 0 Å². The fraction of sp³-hybridized carbons (Fsp3) is 0.167. The largest absolute Gasteiger partial charge is 0.476 e. The number of nitrogens with zero attached hydrogens (tertiary/aromatic N) is 2. The highest BCUT2D eigenvalue weighted by molar-refractivity contribution is 9.10. The van der Waals surface area contributed by atoms with Crippen LogP contribution in [0.2, 0.25) is 0 Å². The number of halogens is 2. The molecule has 0 radical (unpaired) electrons. The lowest BCUT2D eigenvalue weighted by atomic mass is 10.1. The molecule has 0 unspecified atom stereocenters. The molecule has 1 N–H and O–H groups in total. The van der Waals surface area contributed by atoms with E-state index >= 15 is 0 Å². The molecule has 1 aromatic heterocycles. The second-order valence-corrected chi connectivity index (χ2v) is 4.74. The summed E-state index contributed by atoms with van der Waals surface area (Å²) in [6.07, 6.45) is 0. The van der Waals surface area contributed by atoms with E-state index in [9.17, 15) is 9.18 Å². The van der Waals surface area contributed by atoms with Crippen LogP contribution in [-0.4, -0.2) is 20.9 Å². The van der Waals surface area contributed by atoms with Crippen LogP contribution in [0.15, 0.2) is 22.7 Å². The third-order valence-electron chi connectivity index (χ3n) is 2.55. The Kier molecular flexibility index (Phi) is 3.21. The van der Waals surface area contributed by atoms with Crippen LogP contribution in [0.4, 0.5) is 4.39 Å². The summed E-state index contributed by atoms with van der Waals surface area (Å²) in [6.45, 7) is 1.77. The van der Waals surface area contributed by atoms with Crippen molar-refractivity contribution in [1.29, 1.82) is 0 Å². The lowest BCUT2D eigenvalue weighted by molar-refractivity contribution is 0.0689. The van der Waals surface area contributed by atoms with Crippen molar-refractivity contribution in [1.82, 2.24) is 9.78 Å². The van der Waals surface area contributed by atoms with E-state index in [1.807, 2.05) is 0 Å². The molecule has 0 fully saturated rings. The molecule has 1 heterocycles.